The molecule has 3 heteroatoms. The van der Waals surface area contributed by atoms with Crippen LogP contribution >= 0.6 is 0 Å². The normalized spacial score (nSPS) is 11.2. The van der Waals surface area contributed by atoms with Gasteiger partial charge in [0.25, 0.3) is 0 Å². The highest BCUT2D eigenvalue weighted by Crippen LogP contribution is 2.15. The molecule has 1 amide bonds. The predicted molar refractivity (Wildman–Crippen MR) is 83.6 cm³/mol. The van der Waals surface area contributed by atoms with E-state index in [1.807, 2.05) is 0 Å². The van der Waals surface area contributed by atoms with Crippen LogP contribution in [0.1, 0.15) is 33.1 Å². The number of amides is 1. The molecule has 0 atom stereocenters. The minimum atomic E-state index is 0.177. The van der Waals surface area contributed by atoms with Gasteiger partial charge < -0.3 is 9.88 Å². The molecule has 2 aromatic rings. The van der Waals surface area contributed by atoms with Gasteiger partial charge in [0.1, 0.15) is 0 Å². The SMILES string of the molecule is CC(C)CCC(=O)NCCCn1ccc2ccccc21. The van der Waals surface area contributed by atoms with Gasteiger partial charge in [-0.3, -0.25) is 4.79 Å². The molecule has 0 saturated heterocycles. The Hall–Kier alpha value is -1.77. The Balaban J connectivity index is 1.72. The van der Waals surface area contributed by atoms with Crippen molar-refractivity contribution in [1.29, 1.82) is 0 Å². The van der Waals surface area contributed by atoms with Crippen LogP contribution < -0.4 is 5.32 Å². The van der Waals surface area contributed by atoms with Crippen LogP contribution in [0.4, 0.5) is 0 Å². The second kappa shape index (κ2) is 7.13. The first-order valence-corrected chi connectivity index (χ1v) is 7.47. The van der Waals surface area contributed by atoms with Crippen molar-refractivity contribution >= 4 is 16.8 Å². The minimum Gasteiger partial charge on any atom is -0.356 e. The summed E-state index contributed by atoms with van der Waals surface area (Å²) in [6, 6.07) is 10.5. The van der Waals surface area contributed by atoms with E-state index in [9.17, 15) is 4.79 Å². The first-order valence-electron chi connectivity index (χ1n) is 7.47. The lowest BCUT2D eigenvalue weighted by Crippen LogP contribution is -2.25. The summed E-state index contributed by atoms with van der Waals surface area (Å²) < 4.78 is 2.25. The fourth-order valence-electron chi connectivity index (χ4n) is 2.32. The van der Waals surface area contributed by atoms with E-state index in [-0.39, 0.29) is 5.91 Å². The van der Waals surface area contributed by atoms with Crippen molar-refractivity contribution in [2.75, 3.05) is 6.54 Å². The summed E-state index contributed by atoms with van der Waals surface area (Å²) in [5.74, 6) is 0.767. The molecule has 0 saturated carbocycles. The van der Waals surface area contributed by atoms with Crippen LogP contribution in [-0.2, 0) is 11.3 Å². The van der Waals surface area contributed by atoms with Crippen molar-refractivity contribution in [3.05, 3.63) is 36.5 Å². The molecule has 2 rings (SSSR count). The van der Waals surface area contributed by atoms with E-state index >= 15 is 0 Å². The third-order valence-corrected chi connectivity index (χ3v) is 3.53. The third kappa shape index (κ3) is 4.12. The second-order valence-corrected chi connectivity index (χ2v) is 5.70. The smallest absolute Gasteiger partial charge is 0.220 e. The van der Waals surface area contributed by atoms with Crippen molar-refractivity contribution in [1.82, 2.24) is 9.88 Å². The van der Waals surface area contributed by atoms with Crippen molar-refractivity contribution in [3.8, 4) is 0 Å². The van der Waals surface area contributed by atoms with Crippen molar-refractivity contribution in [3.63, 3.8) is 0 Å². The number of hydrogen-bond acceptors (Lipinski definition) is 1. The summed E-state index contributed by atoms with van der Waals surface area (Å²) in [7, 11) is 0. The zero-order chi connectivity index (χ0) is 14.4. The molecule has 1 aromatic heterocycles. The molecular weight excluding hydrogens is 248 g/mol. The van der Waals surface area contributed by atoms with E-state index in [1.165, 1.54) is 10.9 Å². The maximum Gasteiger partial charge on any atom is 0.220 e. The average Bonchev–Trinajstić information content (AvgIpc) is 2.85. The highest BCUT2D eigenvalue weighted by Gasteiger charge is 2.03. The molecule has 0 fully saturated rings. The predicted octanol–water partition coefficient (Wildman–Crippen LogP) is 3.58. The molecule has 108 valence electrons. The molecule has 0 radical (unpaired) electrons. The summed E-state index contributed by atoms with van der Waals surface area (Å²) in [5, 5.41) is 4.27. The van der Waals surface area contributed by atoms with E-state index in [2.05, 4.69) is 60.3 Å². The quantitative estimate of drug-likeness (QED) is 0.768. The Morgan fingerprint density at radius 2 is 2.05 bits per heavy atom. The third-order valence-electron chi connectivity index (χ3n) is 3.53. The maximum absolute atomic E-state index is 11.6. The van der Waals surface area contributed by atoms with Gasteiger partial charge in [0.05, 0.1) is 0 Å². The lowest BCUT2D eigenvalue weighted by molar-refractivity contribution is -0.121. The number of benzene rings is 1. The van der Waals surface area contributed by atoms with Gasteiger partial charge in [-0.2, -0.15) is 0 Å². The van der Waals surface area contributed by atoms with E-state index in [0.29, 0.717) is 12.3 Å². The zero-order valence-corrected chi connectivity index (χ0v) is 12.4. The summed E-state index contributed by atoms with van der Waals surface area (Å²) in [6.45, 7) is 5.98. The topological polar surface area (TPSA) is 34.0 Å². The summed E-state index contributed by atoms with van der Waals surface area (Å²) in [4.78, 5) is 11.6. The second-order valence-electron chi connectivity index (χ2n) is 5.70. The molecule has 0 unspecified atom stereocenters. The largest absolute Gasteiger partial charge is 0.356 e. The number of hydrogen-bond donors (Lipinski definition) is 1. The molecule has 0 aliphatic carbocycles. The van der Waals surface area contributed by atoms with Gasteiger partial charge in [-0.15, -0.1) is 0 Å². The van der Waals surface area contributed by atoms with Crippen LogP contribution in [0.15, 0.2) is 36.5 Å². The van der Waals surface area contributed by atoms with Gasteiger partial charge in [0.15, 0.2) is 0 Å². The van der Waals surface area contributed by atoms with E-state index in [4.69, 9.17) is 0 Å². The van der Waals surface area contributed by atoms with Crippen LogP contribution in [0.3, 0.4) is 0 Å². The molecule has 0 aliphatic heterocycles. The Morgan fingerprint density at radius 3 is 2.85 bits per heavy atom. The fraction of sp³-hybridized carbons (Fsp3) is 0.471. The number of para-hydroxylation sites is 1. The average molecular weight is 272 g/mol. The van der Waals surface area contributed by atoms with Crippen LogP contribution in [0.5, 0.6) is 0 Å². The van der Waals surface area contributed by atoms with E-state index in [0.717, 1.165) is 25.9 Å². The number of nitrogens with one attached hydrogen (secondary N) is 1. The summed E-state index contributed by atoms with van der Waals surface area (Å²) in [5.41, 5.74) is 1.26. The van der Waals surface area contributed by atoms with E-state index < -0.39 is 0 Å². The number of nitrogens with zero attached hydrogens (tertiary/aromatic N) is 1. The molecule has 1 N–H and O–H groups in total. The van der Waals surface area contributed by atoms with Gasteiger partial charge in [0.2, 0.25) is 5.91 Å². The van der Waals surface area contributed by atoms with Gasteiger partial charge in [-0.25, -0.2) is 0 Å². The molecule has 1 heterocycles. The lowest BCUT2D eigenvalue weighted by Gasteiger charge is -2.08. The summed E-state index contributed by atoms with van der Waals surface area (Å²) >= 11 is 0. The fourth-order valence-corrected chi connectivity index (χ4v) is 2.32. The Morgan fingerprint density at radius 1 is 1.25 bits per heavy atom. The maximum atomic E-state index is 11.6. The van der Waals surface area contributed by atoms with Crippen LogP contribution in [-0.4, -0.2) is 17.0 Å². The van der Waals surface area contributed by atoms with Gasteiger partial charge in [0, 0.05) is 31.2 Å². The van der Waals surface area contributed by atoms with Gasteiger partial charge >= 0.3 is 0 Å². The molecule has 0 aliphatic rings. The van der Waals surface area contributed by atoms with Crippen molar-refractivity contribution in [2.45, 2.75) is 39.7 Å². The number of fused-ring (bicyclic) bond motifs is 1. The van der Waals surface area contributed by atoms with Crippen LogP contribution in [0.2, 0.25) is 0 Å². The van der Waals surface area contributed by atoms with Crippen LogP contribution in [0, 0.1) is 5.92 Å². The highest BCUT2D eigenvalue weighted by atomic mass is 16.1. The van der Waals surface area contributed by atoms with Gasteiger partial charge in [-0.1, -0.05) is 32.0 Å². The number of carbonyl (C=O) groups is 1. The lowest BCUT2D eigenvalue weighted by atomic mass is 10.1. The number of aromatic nitrogens is 1. The van der Waals surface area contributed by atoms with Crippen molar-refractivity contribution in [2.24, 2.45) is 5.92 Å². The standard InChI is InChI=1S/C17H24N2O/c1-14(2)8-9-17(20)18-11-5-12-19-13-10-15-6-3-4-7-16(15)19/h3-4,6-7,10,13-14H,5,8-9,11-12H2,1-2H3,(H,18,20). The Bertz CT molecular complexity index is 557. The Labute approximate surface area is 121 Å². The highest BCUT2D eigenvalue weighted by molar-refractivity contribution is 5.79. The Kier molecular flexibility index (Phi) is 5.22. The first-order chi connectivity index (χ1) is 9.66. The summed E-state index contributed by atoms with van der Waals surface area (Å²) in [6.07, 6.45) is 4.69. The van der Waals surface area contributed by atoms with Crippen molar-refractivity contribution < 1.29 is 4.79 Å². The zero-order valence-electron chi connectivity index (χ0n) is 12.4. The minimum absolute atomic E-state index is 0.177. The molecule has 3 nitrogen and oxygen atoms in total. The molecule has 1 aromatic carbocycles. The molecular formula is C17H24N2O. The number of rotatable bonds is 7. The van der Waals surface area contributed by atoms with Gasteiger partial charge in [-0.05, 0) is 36.3 Å². The monoisotopic (exact) mass is 272 g/mol. The van der Waals surface area contributed by atoms with E-state index in [1.54, 1.807) is 0 Å². The number of carbonyl (C=O) groups excluding carboxylic acids is 1. The molecule has 20 heavy (non-hydrogen) atoms. The van der Waals surface area contributed by atoms with Crippen LogP contribution in [0.25, 0.3) is 10.9 Å². The number of aryl methyl sites for hydroxylation is 1. The molecule has 0 bridgehead atoms. The molecule has 0 spiro atoms. The first kappa shape index (κ1) is 14.6.